The van der Waals surface area contributed by atoms with Crippen LogP contribution < -0.4 is 5.56 Å². The van der Waals surface area contributed by atoms with Crippen LogP contribution in [0.2, 0.25) is 0 Å². The quantitative estimate of drug-likeness (QED) is 0.681. The van der Waals surface area contributed by atoms with Crippen molar-refractivity contribution >= 4 is 46.6 Å². The fraction of sp³-hybridized carbons (Fsp3) is 0.357. The van der Waals surface area contributed by atoms with Crippen molar-refractivity contribution in [2.75, 3.05) is 6.61 Å². The summed E-state index contributed by atoms with van der Waals surface area (Å²) in [5, 5.41) is 10.5. The number of carbonyl (C=O) groups is 1. The molecule has 2 rings (SSSR count). The zero-order chi connectivity index (χ0) is 14.9. The van der Waals surface area contributed by atoms with Gasteiger partial charge in [-0.3, -0.25) is 9.36 Å². The van der Waals surface area contributed by atoms with Crippen LogP contribution in [0, 0.1) is 6.92 Å². The van der Waals surface area contributed by atoms with Crippen LogP contribution in [0.15, 0.2) is 16.9 Å². The molecule has 1 N–H and O–H groups in total. The van der Waals surface area contributed by atoms with Crippen molar-refractivity contribution in [3.63, 3.8) is 0 Å². The molecule has 0 aliphatic rings. The molecule has 2 aromatic rings. The third kappa shape index (κ3) is 3.12. The number of aromatic hydroxyl groups is 1. The third-order valence-electron chi connectivity index (χ3n) is 3.02. The molecule has 0 aliphatic carbocycles. The van der Waals surface area contributed by atoms with E-state index in [0.717, 1.165) is 5.69 Å². The summed E-state index contributed by atoms with van der Waals surface area (Å²) in [4.78, 5) is 28.4. The minimum atomic E-state index is -0.820. The molecule has 6 nitrogen and oxygen atoms in total. The van der Waals surface area contributed by atoms with E-state index in [1.807, 2.05) is 0 Å². The van der Waals surface area contributed by atoms with Gasteiger partial charge in [0.15, 0.2) is 5.56 Å². The van der Waals surface area contributed by atoms with Crippen molar-refractivity contribution in [1.29, 1.82) is 0 Å². The maximum absolute atomic E-state index is 12.3. The second-order valence-electron chi connectivity index (χ2n) is 4.32. The van der Waals surface area contributed by atoms with Gasteiger partial charge in [-0.2, -0.15) is 0 Å². The minimum Gasteiger partial charge on any atom is -0.506 e. The molecule has 0 aliphatic heterocycles. The first kappa shape index (κ1) is 17.7. The number of fused-ring (bicyclic) bond motifs is 1. The largest absolute Gasteiger partial charge is 0.506 e. The molecule has 0 aromatic carbocycles. The van der Waals surface area contributed by atoms with E-state index in [0.29, 0.717) is 17.6 Å². The van der Waals surface area contributed by atoms with Crippen LogP contribution in [0.5, 0.6) is 5.75 Å². The predicted molar refractivity (Wildman–Crippen MR) is 79.8 cm³/mol. The minimum absolute atomic E-state index is 0. The average molecular weight is 299 g/mol. The summed E-state index contributed by atoms with van der Waals surface area (Å²) >= 11 is 0. The van der Waals surface area contributed by atoms with E-state index in [4.69, 9.17) is 4.74 Å². The van der Waals surface area contributed by atoms with Gasteiger partial charge in [-0.15, -0.1) is 0 Å². The molecule has 1 radical (unpaired) electrons. The van der Waals surface area contributed by atoms with Crippen LogP contribution in [0.3, 0.4) is 0 Å². The maximum Gasteiger partial charge on any atom is 0.347 e. The number of nitrogens with zero attached hydrogens (tertiary/aromatic N) is 2. The van der Waals surface area contributed by atoms with Crippen molar-refractivity contribution < 1.29 is 14.6 Å². The number of hydrogen-bond donors (Lipinski definition) is 1. The first-order chi connectivity index (χ1) is 9.51. The number of ether oxygens (including phenoxy) is 1. The molecule has 0 unspecified atom stereocenters. The van der Waals surface area contributed by atoms with Crippen LogP contribution in [0.1, 0.15) is 29.9 Å². The SMILES string of the molecule is CCOC(=O)c1c(O)c2ccc(C)nc2n(CC)c1=O.[Na]. The Labute approximate surface area is 144 Å². The topological polar surface area (TPSA) is 81.4 Å². The van der Waals surface area contributed by atoms with E-state index in [1.165, 1.54) is 4.57 Å². The Bertz CT molecular complexity index is 740. The van der Waals surface area contributed by atoms with E-state index in [2.05, 4.69) is 4.98 Å². The van der Waals surface area contributed by atoms with Crippen molar-refractivity contribution in [3.8, 4) is 5.75 Å². The van der Waals surface area contributed by atoms with Crippen LogP contribution in [-0.2, 0) is 11.3 Å². The van der Waals surface area contributed by atoms with Crippen LogP contribution in [0.25, 0.3) is 11.0 Å². The van der Waals surface area contributed by atoms with E-state index < -0.39 is 11.5 Å². The Balaban J connectivity index is 0.00000220. The zero-order valence-electron chi connectivity index (χ0n) is 12.6. The van der Waals surface area contributed by atoms with Gasteiger partial charge in [0.1, 0.15) is 11.4 Å². The van der Waals surface area contributed by atoms with Crippen LogP contribution >= 0.6 is 0 Å². The van der Waals surface area contributed by atoms with E-state index in [9.17, 15) is 14.7 Å². The molecule has 7 heteroatoms. The maximum atomic E-state index is 12.3. The van der Waals surface area contributed by atoms with Gasteiger partial charge in [-0.25, -0.2) is 9.78 Å². The Morgan fingerprint density at radius 1 is 1.38 bits per heavy atom. The summed E-state index contributed by atoms with van der Waals surface area (Å²) in [5.41, 5.74) is 0.159. The molecule has 2 aromatic heterocycles. The number of aryl methyl sites for hydroxylation is 2. The molecule has 0 atom stereocenters. The molecule has 107 valence electrons. The number of esters is 1. The van der Waals surface area contributed by atoms with Gasteiger partial charge in [-0.05, 0) is 32.9 Å². The van der Waals surface area contributed by atoms with Gasteiger partial charge < -0.3 is 9.84 Å². The summed E-state index contributed by atoms with van der Waals surface area (Å²) < 4.78 is 6.18. The van der Waals surface area contributed by atoms with Gasteiger partial charge in [0, 0.05) is 41.8 Å². The van der Waals surface area contributed by atoms with Crippen molar-refractivity contribution in [1.82, 2.24) is 9.55 Å². The van der Waals surface area contributed by atoms with E-state index >= 15 is 0 Å². The number of rotatable bonds is 3. The smallest absolute Gasteiger partial charge is 0.347 e. The first-order valence-corrected chi connectivity index (χ1v) is 6.41. The molecule has 0 saturated carbocycles. The summed E-state index contributed by atoms with van der Waals surface area (Å²) in [6.07, 6.45) is 0. The normalized spacial score (nSPS) is 10.2. The standard InChI is InChI=1S/C14H16N2O4.Na/c1-4-16-12-9(7-6-8(3)15-12)11(17)10(13(16)18)14(19)20-5-2;/h6-7,17H,4-5H2,1-3H3;. The fourth-order valence-corrected chi connectivity index (χ4v) is 2.08. The van der Waals surface area contributed by atoms with Gasteiger partial charge >= 0.3 is 5.97 Å². The van der Waals surface area contributed by atoms with Gasteiger partial charge in [0.2, 0.25) is 0 Å². The summed E-state index contributed by atoms with van der Waals surface area (Å²) in [6.45, 7) is 5.68. The second kappa shape index (κ2) is 7.06. The predicted octanol–water partition coefficient (Wildman–Crippen LogP) is 1.23. The van der Waals surface area contributed by atoms with Crippen molar-refractivity contribution in [2.24, 2.45) is 0 Å². The Hall–Kier alpha value is -1.37. The summed E-state index contributed by atoms with van der Waals surface area (Å²) in [5.74, 6) is -1.19. The molecular formula is C14H16N2NaO4. The third-order valence-corrected chi connectivity index (χ3v) is 3.02. The first-order valence-electron chi connectivity index (χ1n) is 6.41. The van der Waals surface area contributed by atoms with Crippen LogP contribution in [0.4, 0.5) is 0 Å². The molecule has 2 heterocycles. The van der Waals surface area contributed by atoms with Gasteiger partial charge in [0.25, 0.3) is 5.56 Å². The molecule has 21 heavy (non-hydrogen) atoms. The molecule has 0 saturated heterocycles. The van der Waals surface area contributed by atoms with E-state index in [1.54, 1.807) is 32.9 Å². The summed E-state index contributed by atoms with van der Waals surface area (Å²) in [7, 11) is 0. The Kier molecular flexibility index (Phi) is 5.95. The van der Waals surface area contributed by atoms with Gasteiger partial charge in [0.05, 0.1) is 12.0 Å². The van der Waals surface area contributed by atoms with Crippen LogP contribution in [-0.4, -0.2) is 56.8 Å². The molecule has 0 amide bonds. The average Bonchev–Trinajstić information content (AvgIpc) is 2.39. The molecular weight excluding hydrogens is 283 g/mol. The van der Waals surface area contributed by atoms with E-state index in [-0.39, 0.29) is 47.5 Å². The number of carbonyl (C=O) groups excluding carboxylic acids is 1. The molecule has 0 bridgehead atoms. The monoisotopic (exact) mass is 299 g/mol. The second-order valence-corrected chi connectivity index (χ2v) is 4.32. The number of hydrogen-bond acceptors (Lipinski definition) is 5. The Morgan fingerprint density at radius 2 is 2.05 bits per heavy atom. The zero-order valence-corrected chi connectivity index (χ0v) is 14.6. The molecule has 0 spiro atoms. The fourth-order valence-electron chi connectivity index (χ4n) is 2.08. The summed E-state index contributed by atoms with van der Waals surface area (Å²) in [6, 6.07) is 3.35. The number of pyridine rings is 2. The molecule has 0 fully saturated rings. The van der Waals surface area contributed by atoms with Crippen molar-refractivity contribution in [2.45, 2.75) is 27.3 Å². The Morgan fingerprint density at radius 3 is 2.62 bits per heavy atom. The van der Waals surface area contributed by atoms with Gasteiger partial charge in [-0.1, -0.05) is 0 Å². The number of aromatic nitrogens is 2. The van der Waals surface area contributed by atoms with Crippen molar-refractivity contribution in [3.05, 3.63) is 33.7 Å².